The molecule has 2 heterocycles. The van der Waals surface area contributed by atoms with Crippen LogP contribution in [0, 0.1) is 5.82 Å². The lowest BCUT2D eigenvalue weighted by Gasteiger charge is -2.31. The predicted octanol–water partition coefficient (Wildman–Crippen LogP) is 4.64. The van der Waals surface area contributed by atoms with Gasteiger partial charge in [0.1, 0.15) is 11.6 Å². The van der Waals surface area contributed by atoms with E-state index in [2.05, 4.69) is 10.3 Å². The van der Waals surface area contributed by atoms with E-state index in [1.807, 2.05) is 12.1 Å². The Hall–Kier alpha value is -2.00. The van der Waals surface area contributed by atoms with E-state index in [0.717, 1.165) is 11.8 Å². The van der Waals surface area contributed by atoms with Crippen molar-refractivity contribution in [2.75, 3.05) is 20.3 Å². The third kappa shape index (κ3) is 5.31. The van der Waals surface area contributed by atoms with E-state index in [-0.39, 0.29) is 18.0 Å². The quantitative estimate of drug-likeness (QED) is 0.512. The van der Waals surface area contributed by atoms with Crippen LogP contribution in [-0.4, -0.2) is 42.7 Å². The van der Waals surface area contributed by atoms with E-state index in [1.165, 1.54) is 7.11 Å². The van der Waals surface area contributed by atoms with Crippen LogP contribution in [0.4, 0.5) is 4.39 Å². The van der Waals surface area contributed by atoms with Crippen molar-refractivity contribution in [2.24, 2.45) is 0 Å². The molecule has 1 aromatic heterocycles. The second-order valence-electron chi connectivity index (χ2n) is 7.58. The lowest BCUT2D eigenvalue weighted by Crippen LogP contribution is -2.44. The normalized spacial score (nSPS) is 19.8. The molecule has 6 nitrogen and oxygen atoms in total. The maximum absolute atomic E-state index is 14.6. The number of nitrogens with one attached hydrogen (secondary N) is 1. The highest BCUT2D eigenvalue weighted by atomic mass is 35.5. The van der Waals surface area contributed by atoms with Crippen LogP contribution in [0.25, 0.3) is 10.9 Å². The number of pyridine rings is 1. The fourth-order valence-corrected chi connectivity index (χ4v) is 3.96. The molecule has 0 bridgehead atoms. The zero-order valence-electron chi connectivity index (χ0n) is 17.4. The van der Waals surface area contributed by atoms with E-state index in [0.29, 0.717) is 46.5 Å². The first-order chi connectivity index (χ1) is 15.4. The molecule has 0 spiro atoms. The number of aliphatic hydroxyl groups excluding tert-OH is 1. The second-order valence-corrected chi connectivity index (χ2v) is 8.39. The number of fused-ring (bicyclic) bond motifs is 1. The first kappa shape index (κ1) is 23.2. The highest BCUT2D eigenvalue weighted by molar-refractivity contribution is 6.42. The molecule has 2 N–H and O–H groups in total. The van der Waals surface area contributed by atoms with E-state index >= 15 is 0 Å². The average molecular weight is 481 g/mol. The lowest BCUT2D eigenvalue weighted by atomic mass is 10.0. The summed E-state index contributed by atoms with van der Waals surface area (Å²) in [5.41, 5.74) is 1.71. The van der Waals surface area contributed by atoms with Crippen LogP contribution in [0.1, 0.15) is 23.7 Å². The van der Waals surface area contributed by atoms with Gasteiger partial charge in [-0.1, -0.05) is 29.3 Å². The first-order valence-corrected chi connectivity index (χ1v) is 10.9. The Morgan fingerprint density at radius 2 is 1.97 bits per heavy atom. The summed E-state index contributed by atoms with van der Waals surface area (Å²) >= 11 is 12.0. The summed E-state index contributed by atoms with van der Waals surface area (Å²) in [4.78, 5) is 4.08. The molecule has 0 radical (unpaired) electrons. The summed E-state index contributed by atoms with van der Waals surface area (Å²) in [5.74, 6) is -0.0327. The Morgan fingerprint density at radius 3 is 2.69 bits per heavy atom. The number of aliphatic hydroxyl groups is 1. The van der Waals surface area contributed by atoms with Crippen LogP contribution in [0.5, 0.6) is 5.75 Å². The third-order valence-electron chi connectivity index (χ3n) is 5.36. The summed E-state index contributed by atoms with van der Waals surface area (Å²) in [7, 11) is 1.53. The number of rotatable bonds is 7. The highest BCUT2D eigenvalue weighted by Gasteiger charge is 2.27. The zero-order chi connectivity index (χ0) is 22.7. The van der Waals surface area contributed by atoms with Gasteiger partial charge in [0.25, 0.3) is 0 Å². The van der Waals surface area contributed by atoms with E-state index in [4.69, 9.17) is 37.4 Å². The van der Waals surface area contributed by atoms with Gasteiger partial charge in [-0.05, 0) is 35.9 Å². The lowest BCUT2D eigenvalue weighted by molar-refractivity contribution is -0.202. The molecule has 1 saturated heterocycles. The standard InChI is InChI=1S/C23H23Cl2FN2O4/c1-30-15-3-5-20-16(7-15)23(19(26)10-28-20)21(29)8-22-31-11-14(12-32-22)27-9-13-2-4-17(24)18(25)6-13/h2-7,10,14,21-22,27,29H,8-9,11-12H2,1H3/t14?,21-,22?/m0/s1. The van der Waals surface area contributed by atoms with Gasteiger partial charge in [0.15, 0.2) is 6.29 Å². The fourth-order valence-electron chi connectivity index (χ4n) is 3.64. The van der Waals surface area contributed by atoms with Crippen LogP contribution in [0.15, 0.2) is 42.6 Å². The van der Waals surface area contributed by atoms with Crippen molar-refractivity contribution < 1.29 is 23.7 Å². The van der Waals surface area contributed by atoms with Crippen molar-refractivity contribution in [3.05, 3.63) is 69.6 Å². The Bertz CT molecular complexity index is 1090. The van der Waals surface area contributed by atoms with Crippen LogP contribution >= 0.6 is 23.2 Å². The molecule has 4 rings (SSSR count). The van der Waals surface area contributed by atoms with Crippen molar-refractivity contribution >= 4 is 34.1 Å². The molecule has 0 aliphatic carbocycles. The molecule has 1 aliphatic heterocycles. The van der Waals surface area contributed by atoms with Gasteiger partial charge in [0, 0.05) is 23.9 Å². The Morgan fingerprint density at radius 1 is 1.19 bits per heavy atom. The number of nitrogens with zero attached hydrogens (tertiary/aromatic N) is 1. The third-order valence-corrected chi connectivity index (χ3v) is 6.10. The van der Waals surface area contributed by atoms with Crippen molar-refractivity contribution in [1.82, 2.24) is 10.3 Å². The molecule has 0 amide bonds. The molecule has 1 fully saturated rings. The SMILES string of the molecule is COc1ccc2ncc(F)c([C@@H](O)CC3OCC(NCc4ccc(Cl)c(Cl)c4)CO3)c2c1. The topological polar surface area (TPSA) is 72.8 Å². The molecule has 0 unspecified atom stereocenters. The summed E-state index contributed by atoms with van der Waals surface area (Å²) < 4.78 is 31.3. The maximum Gasteiger partial charge on any atom is 0.160 e. The molecule has 170 valence electrons. The van der Waals surface area contributed by atoms with E-state index < -0.39 is 18.2 Å². The molecular weight excluding hydrogens is 458 g/mol. The van der Waals surface area contributed by atoms with Crippen LogP contribution < -0.4 is 10.1 Å². The van der Waals surface area contributed by atoms with E-state index in [9.17, 15) is 9.50 Å². The van der Waals surface area contributed by atoms with E-state index in [1.54, 1.807) is 24.3 Å². The molecule has 32 heavy (non-hydrogen) atoms. The summed E-state index contributed by atoms with van der Waals surface area (Å²) in [6.07, 6.45) is -0.578. The van der Waals surface area contributed by atoms with Gasteiger partial charge in [0.2, 0.25) is 0 Å². The number of methoxy groups -OCH3 is 1. The molecule has 2 aromatic carbocycles. The predicted molar refractivity (Wildman–Crippen MR) is 121 cm³/mol. The van der Waals surface area contributed by atoms with Crippen molar-refractivity contribution in [1.29, 1.82) is 0 Å². The number of benzene rings is 2. The smallest absolute Gasteiger partial charge is 0.160 e. The number of hydrogen-bond donors (Lipinski definition) is 2. The number of halogens is 3. The summed E-state index contributed by atoms with van der Waals surface area (Å²) in [5, 5.41) is 15.6. The molecule has 1 aliphatic rings. The maximum atomic E-state index is 14.6. The minimum Gasteiger partial charge on any atom is -0.497 e. The minimum atomic E-state index is -1.13. The Kier molecular flexibility index (Phi) is 7.45. The Labute approximate surface area is 195 Å². The average Bonchev–Trinajstić information content (AvgIpc) is 2.80. The molecular formula is C23H23Cl2FN2O4. The fraction of sp³-hybridized carbons (Fsp3) is 0.348. The van der Waals surface area contributed by atoms with Gasteiger partial charge in [-0.25, -0.2) is 4.39 Å². The number of hydrogen-bond acceptors (Lipinski definition) is 6. The van der Waals surface area contributed by atoms with Gasteiger partial charge in [-0.3, -0.25) is 4.98 Å². The van der Waals surface area contributed by atoms with Crippen LogP contribution in [0.3, 0.4) is 0 Å². The number of aromatic nitrogens is 1. The molecule has 3 aromatic rings. The minimum absolute atomic E-state index is 0.0272. The van der Waals surface area contributed by atoms with Crippen LogP contribution in [0.2, 0.25) is 10.0 Å². The van der Waals surface area contributed by atoms with Gasteiger partial charge >= 0.3 is 0 Å². The summed E-state index contributed by atoms with van der Waals surface area (Å²) in [6.45, 7) is 1.37. The molecule has 9 heteroatoms. The largest absolute Gasteiger partial charge is 0.497 e. The number of ether oxygens (including phenoxy) is 3. The molecule has 1 atom stereocenters. The highest BCUT2D eigenvalue weighted by Crippen LogP contribution is 2.32. The van der Waals surface area contributed by atoms with Gasteiger partial charge in [0.05, 0.1) is 54.2 Å². The summed E-state index contributed by atoms with van der Waals surface area (Å²) in [6, 6.07) is 10.6. The van der Waals surface area contributed by atoms with Gasteiger partial charge in [-0.15, -0.1) is 0 Å². The van der Waals surface area contributed by atoms with Gasteiger partial charge in [-0.2, -0.15) is 0 Å². The monoisotopic (exact) mass is 480 g/mol. The first-order valence-electron chi connectivity index (χ1n) is 10.2. The van der Waals surface area contributed by atoms with Crippen LogP contribution in [-0.2, 0) is 16.0 Å². The van der Waals surface area contributed by atoms with Crippen molar-refractivity contribution in [3.63, 3.8) is 0 Å². The molecule has 0 saturated carbocycles. The van der Waals surface area contributed by atoms with Crippen molar-refractivity contribution in [3.8, 4) is 5.75 Å². The Balaban J connectivity index is 1.35. The van der Waals surface area contributed by atoms with Crippen molar-refractivity contribution in [2.45, 2.75) is 31.4 Å². The zero-order valence-corrected chi connectivity index (χ0v) is 18.9. The second kappa shape index (κ2) is 10.3. The van der Waals surface area contributed by atoms with Gasteiger partial charge < -0.3 is 24.6 Å².